The van der Waals surface area contributed by atoms with Gasteiger partial charge in [-0.15, -0.1) is 0 Å². The molecule has 33 heavy (non-hydrogen) atoms. The number of nitrogens with zero attached hydrogens (tertiary/aromatic N) is 1. The second-order valence-electron chi connectivity index (χ2n) is 6.97. The lowest BCUT2D eigenvalue weighted by atomic mass is 10.0. The predicted octanol–water partition coefficient (Wildman–Crippen LogP) is 4.86. The molecule has 3 aromatic rings. The number of carboxylic acid groups (broad SMARTS) is 1. The minimum Gasteiger partial charge on any atom is -0.494 e. The number of carbonyl (C=O) groups excluding carboxylic acids is 1. The van der Waals surface area contributed by atoms with Crippen LogP contribution in [0.15, 0.2) is 60.7 Å². The Balaban J connectivity index is 1.93. The summed E-state index contributed by atoms with van der Waals surface area (Å²) in [5.74, 6) is -2.52. The van der Waals surface area contributed by atoms with Crippen molar-refractivity contribution in [1.29, 1.82) is 0 Å². The Kier molecular flexibility index (Phi) is 6.95. The number of halogens is 4. The molecule has 2 N–H and O–H groups in total. The number of amides is 1. The second-order valence-corrected chi connectivity index (χ2v) is 6.97. The Morgan fingerprint density at radius 2 is 1.73 bits per heavy atom. The summed E-state index contributed by atoms with van der Waals surface area (Å²) >= 11 is 0. The van der Waals surface area contributed by atoms with Gasteiger partial charge in [-0.05, 0) is 30.3 Å². The molecule has 0 radical (unpaired) electrons. The molecule has 0 fully saturated rings. The van der Waals surface area contributed by atoms with Gasteiger partial charge in [-0.2, -0.15) is 13.2 Å². The number of hydrogen-bond acceptors (Lipinski definition) is 4. The number of carboxylic acids is 1. The number of aromatic nitrogens is 1. The van der Waals surface area contributed by atoms with Crippen LogP contribution in [-0.4, -0.2) is 29.1 Å². The quantitative estimate of drug-likeness (QED) is 0.490. The van der Waals surface area contributed by atoms with E-state index in [1.807, 2.05) is 0 Å². The first-order chi connectivity index (χ1) is 15.6. The van der Waals surface area contributed by atoms with Gasteiger partial charge in [0.25, 0.3) is 5.91 Å². The first-order valence-corrected chi connectivity index (χ1v) is 9.60. The van der Waals surface area contributed by atoms with E-state index < -0.39 is 41.9 Å². The monoisotopic (exact) mass is 462 g/mol. The van der Waals surface area contributed by atoms with E-state index in [0.717, 1.165) is 18.2 Å². The maximum absolute atomic E-state index is 14.2. The first-order valence-electron chi connectivity index (χ1n) is 9.60. The summed E-state index contributed by atoms with van der Waals surface area (Å²) in [5.41, 5.74) is -0.632. The van der Waals surface area contributed by atoms with Crippen LogP contribution in [0.2, 0.25) is 0 Å². The number of hydrogen-bond donors (Lipinski definition) is 2. The molecule has 0 saturated heterocycles. The molecule has 0 saturated carbocycles. The van der Waals surface area contributed by atoms with Crippen molar-refractivity contribution in [2.75, 3.05) is 7.11 Å². The van der Waals surface area contributed by atoms with E-state index in [0.29, 0.717) is 0 Å². The molecule has 1 heterocycles. The van der Waals surface area contributed by atoms with Gasteiger partial charge < -0.3 is 15.2 Å². The molecule has 0 bridgehead atoms. The van der Waals surface area contributed by atoms with Crippen LogP contribution >= 0.6 is 0 Å². The van der Waals surface area contributed by atoms with Gasteiger partial charge in [-0.3, -0.25) is 9.59 Å². The Morgan fingerprint density at radius 3 is 2.30 bits per heavy atom. The molecule has 10 heteroatoms. The highest BCUT2D eigenvalue weighted by Crippen LogP contribution is 2.33. The standard InChI is InChI=1S/C23H18F4N2O4/c1-33-19-11-10-17(28-21(19)13-6-8-14(9-7-13)23(25,26)27)22(32)29-18(12-20(30)31)15-4-2-3-5-16(15)24/h2-11,18H,12H2,1H3,(H,29,32)(H,30,31)/t18-/m0/s1. The van der Waals surface area contributed by atoms with Crippen LogP contribution in [0, 0.1) is 5.82 Å². The molecule has 2 aromatic carbocycles. The van der Waals surface area contributed by atoms with Crippen molar-refractivity contribution in [3.63, 3.8) is 0 Å². The van der Waals surface area contributed by atoms with Gasteiger partial charge in [-0.1, -0.05) is 30.3 Å². The van der Waals surface area contributed by atoms with Crippen molar-refractivity contribution < 1.29 is 37.0 Å². The van der Waals surface area contributed by atoms with Crippen molar-refractivity contribution in [2.45, 2.75) is 18.6 Å². The Morgan fingerprint density at radius 1 is 1.06 bits per heavy atom. The SMILES string of the molecule is COc1ccc(C(=O)N[C@@H](CC(=O)O)c2ccccc2F)nc1-c1ccc(C(F)(F)F)cc1. The molecule has 1 amide bonds. The fourth-order valence-corrected chi connectivity index (χ4v) is 3.16. The molecule has 0 spiro atoms. The normalized spacial score (nSPS) is 12.2. The van der Waals surface area contributed by atoms with Gasteiger partial charge in [0, 0.05) is 11.1 Å². The summed E-state index contributed by atoms with van der Waals surface area (Å²) in [5, 5.41) is 11.6. The van der Waals surface area contributed by atoms with Crippen LogP contribution in [0.4, 0.5) is 17.6 Å². The van der Waals surface area contributed by atoms with Crippen LogP contribution in [0.1, 0.15) is 34.1 Å². The molecule has 172 valence electrons. The number of nitrogens with one attached hydrogen (secondary N) is 1. The summed E-state index contributed by atoms with van der Waals surface area (Å²) in [6, 6.07) is 11.1. The molecule has 3 rings (SSSR count). The zero-order valence-electron chi connectivity index (χ0n) is 17.2. The Hall–Kier alpha value is -3.95. The van der Waals surface area contributed by atoms with E-state index in [1.54, 1.807) is 0 Å². The second kappa shape index (κ2) is 9.68. The van der Waals surface area contributed by atoms with Crippen LogP contribution < -0.4 is 10.1 Å². The fourth-order valence-electron chi connectivity index (χ4n) is 3.16. The number of ether oxygens (including phenoxy) is 1. The third-order valence-corrected chi connectivity index (χ3v) is 4.76. The third-order valence-electron chi connectivity index (χ3n) is 4.76. The summed E-state index contributed by atoms with van der Waals surface area (Å²) in [6.07, 6.45) is -5.09. The Labute approximate surface area is 185 Å². The molecule has 1 aromatic heterocycles. The van der Waals surface area contributed by atoms with Gasteiger partial charge >= 0.3 is 12.1 Å². The van der Waals surface area contributed by atoms with E-state index >= 15 is 0 Å². The molecule has 0 unspecified atom stereocenters. The van der Waals surface area contributed by atoms with Crippen molar-refractivity contribution in [3.8, 4) is 17.0 Å². The highest BCUT2D eigenvalue weighted by atomic mass is 19.4. The van der Waals surface area contributed by atoms with E-state index in [9.17, 15) is 32.3 Å². The van der Waals surface area contributed by atoms with Crippen LogP contribution in [0.25, 0.3) is 11.3 Å². The van der Waals surface area contributed by atoms with Gasteiger partial charge in [0.15, 0.2) is 0 Å². The number of rotatable bonds is 7. The molecule has 0 aliphatic carbocycles. The van der Waals surface area contributed by atoms with Crippen LogP contribution in [0.3, 0.4) is 0 Å². The van der Waals surface area contributed by atoms with E-state index in [1.165, 1.54) is 49.6 Å². The van der Waals surface area contributed by atoms with Gasteiger partial charge in [0.2, 0.25) is 0 Å². The highest BCUT2D eigenvalue weighted by molar-refractivity contribution is 5.93. The molecule has 6 nitrogen and oxygen atoms in total. The lowest BCUT2D eigenvalue weighted by molar-refractivity contribution is -0.138. The molecule has 0 aliphatic rings. The van der Waals surface area contributed by atoms with Gasteiger partial charge in [0.05, 0.1) is 25.1 Å². The van der Waals surface area contributed by atoms with Crippen LogP contribution in [-0.2, 0) is 11.0 Å². The molecular weight excluding hydrogens is 444 g/mol. The predicted molar refractivity (Wildman–Crippen MR) is 110 cm³/mol. The first kappa shape index (κ1) is 23.7. The summed E-state index contributed by atoms with van der Waals surface area (Å²) in [7, 11) is 1.34. The van der Waals surface area contributed by atoms with E-state index in [-0.39, 0.29) is 28.3 Å². The maximum Gasteiger partial charge on any atom is 0.416 e. The van der Waals surface area contributed by atoms with Crippen molar-refractivity contribution in [3.05, 3.63) is 83.3 Å². The Bertz CT molecular complexity index is 1160. The zero-order chi connectivity index (χ0) is 24.2. The van der Waals surface area contributed by atoms with Crippen molar-refractivity contribution in [1.82, 2.24) is 10.3 Å². The van der Waals surface area contributed by atoms with Crippen LogP contribution in [0.5, 0.6) is 5.75 Å². The van der Waals surface area contributed by atoms with E-state index in [2.05, 4.69) is 10.3 Å². The average Bonchev–Trinajstić information content (AvgIpc) is 2.77. The summed E-state index contributed by atoms with van der Waals surface area (Å²) in [6.45, 7) is 0. The summed E-state index contributed by atoms with van der Waals surface area (Å²) < 4.78 is 58.0. The maximum atomic E-state index is 14.2. The molecule has 0 aliphatic heterocycles. The third kappa shape index (κ3) is 5.65. The number of benzene rings is 2. The number of alkyl halides is 3. The number of methoxy groups -OCH3 is 1. The summed E-state index contributed by atoms with van der Waals surface area (Å²) in [4.78, 5) is 28.3. The molecule has 1 atom stereocenters. The van der Waals surface area contributed by atoms with Gasteiger partial charge in [0.1, 0.15) is 23.0 Å². The topological polar surface area (TPSA) is 88.5 Å². The minimum atomic E-state index is -4.51. The lowest BCUT2D eigenvalue weighted by Gasteiger charge is -2.18. The number of pyridine rings is 1. The largest absolute Gasteiger partial charge is 0.494 e. The number of aliphatic carboxylic acids is 1. The average molecular weight is 462 g/mol. The smallest absolute Gasteiger partial charge is 0.416 e. The molecular formula is C23H18F4N2O4. The van der Waals surface area contributed by atoms with Gasteiger partial charge in [-0.25, -0.2) is 9.37 Å². The van der Waals surface area contributed by atoms with E-state index in [4.69, 9.17) is 4.74 Å². The minimum absolute atomic E-state index is 0.00951. The van der Waals surface area contributed by atoms with Crippen molar-refractivity contribution in [2.24, 2.45) is 0 Å². The fraction of sp³-hybridized carbons (Fsp3) is 0.174. The number of carbonyl (C=O) groups is 2. The zero-order valence-corrected chi connectivity index (χ0v) is 17.2. The lowest BCUT2D eigenvalue weighted by Crippen LogP contribution is -2.31. The van der Waals surface area contributed by atoms with Crippen molar-refractivity contribution >= 4 is 11.9 Å². The highest BCUT2D eigenvalue weighted by Gasteiger charge is 2.30.